The van der Waals surface area contributed by atoms with E-state index in [-0.39, 0.29) is 0 Å². The Morgan fingerprint density at radius 2 is 2.00 bits per heavy atom. The van der Waals surface area contributed by atoms with Crippen LogP contribution in [0.3, 0.4) is 0 Å². The van der Waals surface area contributed by atoms with Gasteiger partial charge in [0.2, 0.25) is 0 Å². The molecule has 1 aromatic carbocycles. The lowest BCUT2D eigenvalue weighted by Gasteiger charge is -2.22. The number of hydrogen-bond acceptors (Lipinski definition) is 3. The van der Waals surface area contributed by atoms with Gasteiger partial charge in [-0.15, -0.1) is 11.6 Å². The number of pyridine rings is 1. The molecule has 20 heavy (non-hydrogen) atoms. The maximum Gasteiger partial charge on any atom is 0.142 e. The molecule has 0 spiro atoms. The van der Waals surface area contributed by atoms with E-state index in [1.54, 1.807) is 7.11 Å². The van der Waals surface area contributed by atoms with Gasteiger partial charge >= 0.3 is 0 Å². The van der Waals surface area contributed by atoms with Crippen LogP contribution in [0.1, 0.15) is 18.2 Å². The molecule has 0 N–H and O–H groups in total. The molecule has 0 fully saturated rings. The standard InChI is InChI=1S/C16H19ClN2O/c1-4-13-9-12(11-17)10-16(18-13)19(2)14-7-5-6-8-15(14)20-3/h5-10H,4,11H2,1-3H3. The third kappa shape index (κ3) is 3.05. The average molecular weight is 291 g/mol. The SMILES string of the molecule is CCc1cc(CCl)cc(N(C)c2ccccc2OC)n1. The second kappa shape index (κ2) is 6.62. The molecule has 0 bridgehead atoms. The smallest absolute Gasteiger partial charge is 0.142 e. The number of alkyl halides is 1. The Hall–Kier alpha value is -1.74. The molecular weight excluding hydrogens is 272 g/mol. The third-order valence-electron chi connectivity index (χ3n) is 3.23. The number of aromatic nitrogens is 1. The quantitative estimate of drug-likeness (QED) is 0.773. The molecular formula is C16H19ClN2O. The van der Waals surface area contributed by atoms with Crippen molar-refractivity contribution in [3.8, 4) is 5.75 Å². The van der Waals surface area contributed by atoms with Crippen molar-refractivity contribution in [3.63, 3.8) is 0 Å². The van der Waals surface area contributed by atoms with Crippen molar-refractivity contribution >= 4 is 23.1 Å². The van der Waals surface area contributed by atoms with Crippen molar-refractivity contribution in [1.29, 1.82) is 0 Å². The summed E-state index contributed by atoms with van der Waals surface area (Å²) in [6.07, 6.45) is 0.886. The fourth-order valence-corrected chi connectivity index (χ4v) is 2.25. The number of methoxy groups -OCH3 is 1. The summed E-state index contributed by atoms with van der Waals surface area (Å²) in [5.41, 5.74) is 3.10. The molecule has 1 heterocycles. The maximum atomic E-state index is 5.97. The lowest BCUT2D eigenvalue weighted by molar-refractivity contribution is 0.415. The zero-order valence-electron chi connectivity index (χ0n) is 12.1. The van der Waals surface area contributed by atoms with Gasteiger partial charge in [-0.2, -0.15) is 0 Å². The minimum absolute atomic E-state index is 0.488. The Morgan fingerprint density at radius 3 is 2.65 bits per heavy atom. The van der Waals surface area contributed by atoms with Crippen LogP contribution in [0.2, 0.25) is 0 Å². The number of benzene rings is 1. The summed E-state index contributed by atoms with van der Waals surface area (Å²) in [6.45, 7) is 2.09. The predicted octanol–water partition coefficient (Wildman–Crippen LogP) is 4.16. The topological polar surface area (TPSA) is 25.4 Å². The predicted molar refractivity (Wildman–Crippen MR) is 84.2 cm³/mol. The summed E-state index contributed by atoms with van der Waals surface area (Å²) in [5.74, 6) is 2.19. The first kappa shape index (κ1) is 14.7. The largest absolute Gasteiger partial charge is 0.495 e. The highest BCUT2D eigenvalue weighted by molar-refractivity contribution is 6.17. The lowest BCUT2D eigenvalue weighted by atomic mass is 10.2. The summed E-state index contributed by atoms with van der Waals surface area (Å²) in [7, 11) is 3.66. The molecule has 0 amide bonds. The highest BCUT2D eigenvalue weighted by Gasteiger charge is 2.12. The van der Waals surface area contributed by atoms with Crippen LogP contribution in [-0.2, 0) is 12.3 Å². The van der Waals surface area contributed by atoms with Crippen molar-refractivity contribution in [2.24, 2.45) is 0 Å². The molecule has 0 saturated heterocycles. The zero-order valence-corrected chi connectivity index (χ0v) is 12.8. The molecule has 4 heteroatoms. The summed E-state index contributed by atoms with van der Waals surface area (Å²) in [6, 6.07) is 12.0. The van der Waals surface area contributed by atoms with E-state index < -0.39 is 0 Å². The molecule has 106 valence electrons. The van der Waals surface area contributed by atoms with Crippen molar-refractivity contribution in [1.82, 2.24) is 4.98 Å². The second-order valence-electron chi connectivity index (χ2n) is 4.54. The number of rotatable bonds is 5. The van der Waals surface area contributed by atoms with Crippen molar-refractivity contribution in [3.05, 3.63) is 47.7 Å². The van der Waals surface area contributed by atoms with Crippen molar-refractivity contribution < 1.29 is 4.74 Å². The number of hydrogen-bond donors (Lipinski definition) is 0. The van der Waals surface area contributed by atoms with E-state index >= 15 is 0 Å². The van der Waals surface area contributed by atoms with Gasteiger partial charge in [-0.1, -0.05) is 19.1 Å². The van der Waals surface area contributed by atoms with Crippen LogP contribution < -0.4 is 9.64 Å². The van der Waals surface area contributed by atoms with E-state index in [0.717, 1.165) is 34.9 Å². The molecule has 2 aromatic rings. The number of para-hydroxylation sites is 2. The minimum atomic E-state index is 0.488. The number of anilines is 2. The van der Waals surface area contributed by atoms with E-state index in [1.807, 2.05) is 48.3 Å². The van der Waals surface area contributed by atoms with Gasteiger partial charge in [-0.25, -0.2) is 4.98 Å². The summed E-state index contributed by atoms with van der Waals surface area (Å²) < 4.78 is 5.41. The van der Waals surface area contributed by atoms with Gasteiger partial charge in [0.05, 0.1) is 12.8 Å². The van der Waals surface area contributed by atoms with Gasteiger partial charge in [0.1, 0.15) is 11.6 Å². The fraction of sp³-hybridized carbons (Fsp3) is 0.312. The monoisotopic (exact) mass is 290 g/mol. The van der Waals surface area contributed by atoms with Crippen molar-refractivity contribution in [2.75, 3.05) is 19.1 Å². The van der Waals surface area contributed by atoms with Crippen LogP contribution in [0.25, 0.3) is 0 Å². The van der Waals surface area contributed by atoms with Gasteiger partial charge in [-0.3, -0.25) is 0 Å². The van der Waals surface area contributed by atoms with Crippen LogP contribution in [0, 0.1) is 0 Å². The van der Waals surface area contributed by atoms with Crippen LogP contribution in [0.5, 0.6) is 5.75 Å². The molecule has 0 radical (unpaired) electrons. The Bertz CT molecular complexity index is 564. The molecule has 0 aliphatic rings. The molecule has 2 rings (SSSR count). The van der Waals surface area contributed by atoms with Crippen LogP contribution in [0.15, 0.2) is 36.4 Å². The number of ether oxygens (including phenoxy) is 1. The second-order valence-corrected chi connectivity index (χ2v) is 4.81. The lowest BCUT2D eigenvalue weighted by Crippen LogP contribution is -2.13. The number of halogens is 1. The molecule has 3 nitrogen and oxygen atoms in total. The molecule has 0 saturated carbocycles. The van der Waals surface area contributed by atoms with Crippen LogP contribution in [-0.4, -0.2) is 19.1 Å². The zero-order chi connectivity index (χ0) is 14.5. The average Bonchev–Trinajstić information content (AvgIpc) is 2.53. The highest BCUT2D eigenvalue weighted by Crippen LogP contribution is 2.31. The molecule has 0 atom stereocenters. The fourth-order valence-electron chi connectivity index (χ4n) is 2.09. The first-order valence-electron chi connectivity index (χ1n) is 6.62. The van der Waals surface area contributed by atoms with E-state index in [1.165, 1.54) is 0 Å². The van der Waals surface area contributed by atoms with E-state index in [2.05, 4.69) is 11.9 Å². The van der Waals surface area contributed by atoms with Gasteiger partial charge in [-0.05, 0) is 36.2 Å². The van der Waals surface area contributed by atoms with Gasteiger partial charge in [0.15, 0.2) is 0 Å². The Morgan fingerprint density at radius 1 is 1.25 bits per heavy atom. The molecule has 0 unspecified atom stereocenters. The summed E-state index contributed by atoms with van der Waals surface area (Å²) in [4.78, 5) is 6.69. The molecule has 0 aliphatic carbocycles. The Labute approximate surface area is 125 Å². The minimum Gasteiger partial charge on any atom is -0.495 e. The first-order chi connectivity index (χ1) is 9.69. The molecule has 1 aromatic heterocycles. The Balaban J connectivity index is 2.44. The summed E-state index contributed by atoms with van der Waals surface area (Å²) >= 11 is 5.97. The van der Waals surface area contributed by atoms with Crippen LogP contribution >= 0.6 is 11.6 Å². The van der Waals surface area contributed by atoms with E-state index in [9.17, 15) is 0 Å². The third-order valence-corrected chi connectivity index (χ3v) is 3.54. The van der Waals surface area contributed by atoms with Crippen molar-refractivity contribution in [2.45, 2.75) is 19.2 Å². The van der Waals surface area contributed by atoms with Gasteiger partial charge in [0, 0.05) is 18.6 Å². The van der Waals surface area contributed by atoms with Crippen LogP contribution in [0.4, 0.5) is 11.5 Å². The first-order valence-corrected chi connectivity index (χ1v) is 7.15. The van der Waals surface area contributed by atoms with Gasteiger partial charge < -0.3 is 9.64 Å². The van der Waals surface area contributed by atoms with Gasteiger partial charge in [0.25, 0.3) is 0 Å². The maximum absolute atomic E-state index is 5.97. The normalized spacial score (nSPS) is 10.4. The highest BCUT2D eigenvalue weighted by atomic mass is 35.5. The number of aryl methyl sites for hydroxylation is 1. The summed E-state index contributed by atoms with van der Waals surface area (Å²) in [5, 5.41) is 0. The van der Waals surface area contributed by atoms with E-state index in [4.69, 9.17) is 16.3 Å². The van der Waals surface area contributed by atoms with E-state index in [0.29, 0.717) is 5.88 Å². The molecule has 0 aliphatic heterocycles. The Kier molecular flexibility index (Phi) is 4.85. The number of nitrogens with zero attached hydrogens (tertiary/aromatic N) is 2.